The van der Waals surface area contributed by atoms with E-state index in [-0.39, 0.29) is 11.7 Å². The smallest absolute Gasteiger partial charge is 0.241 e. The third-order valence-electron chi connectivity index (χ3n) is 3.31. The van der Waals surface area contributed by atoms with Gasteiger partial charge in [0.05, 0.1) is 6.54 Å². The van der Waals surface area contributed by atoms with Crippen LogP contribution in [0.1, 0.15) is 23.7 Å². The molecule has 0 bridgehead atoms. The molecular formula is C14H18N2O2. The average Bonchev–Trinajstić information content (AvgIpc) is 2.52. The van der Waals surface area contributed by atoms with Gasteiger partial charge in [-0.05, 0) is 37.6 Å². The van der Waals surface area contributed by atoms with Crippen molar-refractivity contribution >= 4 is 17.4 Å². The number of ketones is 1. The molecule has 0 saturated carbocycles. The molecule has 2 rings (SSSR count). The van der Waals surface area contributed by atoms with Gasteiger partial charge in [0.25, 0.3) is 0 Å². The quantitative estimate of drug-likeness (QED) is 0.743. The third kappa shape index (κ3) is 2.70. The van der Waals surface area contributed by atoms with Gasteiger partial charge in [-0.15, -0.1) is 0 Å². The van der Waals surface area contributed by atoms with Crippen molar-refractivity contribution in [3.05, 3.63) is 29.8 Å². The van der Waals surface area contributed by atoms with Crippen LogP contribution in [0.5, 0.6) is 0 Å². The van der Waals surface area contributed by atoms with Gasteiger partial charge in [0.15, 0.2) is 5.78 Å². The lowest BCUT2D eigenvalue weighted by Gasteiger charge is -2.22. The fourth-order valence-corrected chi connectivity index (χ4v) is 2.11. The summed E-state index contributed by atoms with van der Waals surface area (Å²) in [7, 11) is 1.84. The molecule has 4 heteroatoms. The van der Waals surface area contributed by atoms with Crippen LogP contribution in [0, 0.1) is 0 Å². The first kappa shape index (κ1) is 12.6. The van der Waals surface area contributed by atoms with Gasteiger partial charge >= 0.3 is 0 Å². The second-order valence-corrected chi connectivity index (χ2v) is 4.69. The van der Waals surface area contributed by atoms with Crippen LogP contribution >= 0.6 is 0 Å². The predicted octanol–water partition coefficient (Wildman–Crippen LogP) is 1.56. The predicted molar refractivity (Wildman–Crippen MR) is 70.9 cm³/mol. The number of anilines is 1. The lowest BCUT2D eigenvalue weighted by molar-refractivity contribution is -0.127. The highest BCUT2D eigenvalue weighted by Crippen LogP contribution is 2.17. The number of amides is 1. The topological polar surface area (TPSA) is 40.6 Å². The highest BCUT2D eigenvalue weighted by molar-refractivity contribution is 5.94. The highest BCUT2D eigenvalue weighted by Gasteiger charge is 2.18. The first-order valence-corrected chi connectivity index (χ1v) is 6.18. The van der Waals surface area contributed by atoms with E-state index >= 15 is 0 Å². The Kier molecular flexibility index (Phi) is 3.65. The van der Waals surface area contributed by atoms with Crippen LogP contribution in [0.4, 0.5) is 5.69 Å². The van der Waals surface area contributed by atoms with E-state index in [0.29, 0.717) is 12.1 Å². The molecule has 1 fully saturated rings. The van der Waals surface area contributed by atoms with E-state index in [2.05, 4.69) is 4.90 Å². The zero-order valence-electron chi connectivity index (χ0n) is 10.8. The van der Waals surface area contributed by atoms with Crippen LogP contribution in [-0.2, 0) is 4.79 Å². The molecule has 0 unspecified atom stereocenters. The van der Waals surface area contributed by atoms with Crippen molar-refractivity contribution in [1.29, 1.82) is 0 Å². The van der Waals surface area contributed by atoms with E-state index in [1.165, 1.54) is 0 Å². The summed E-state index contributed by atoms with van der Waals surface area (Å²) in [5.41, 5.74) is 1.71. The number of carbonyl (C=O) groups excluding carboxylic acids is 2. The summed E-state index contributed by atoms with van der Waals surface area (Å²) in [4.78, 5) is 26.8. The second-order valence-electron chi connectivity index (χ2n) is 4.69. The van der Waals surface area contributed by atoms with Gasteiger partial charge in [-0.3, -0.25) is 9.59 Å². The Morgan fingerprint density at radius 3 is 2.44 bits per heavy atom. The Labute approximate surface area is 107 Å². The number of hydrogen-bond donors (Lipinski definition) is 0. The standard InChI is InChI=1S/C14H18N2O2/c1-11(17)12-4-6-13(7-5-12)16-9-3-8-15(2)14(18)10-16/h4-7H,3,8-10H2,1-2H3. The number of hydrogen-bond acceptors (Lipinski definition) is 3. The first-order valence-electron chi connectivity index (χ1n) is 6.18. The summed E-state index contributed by atoms with van der Waals surface area (Å²) in [5, 5.41) is 0. The molecule has 18 heavy (non-hydrogen) atoms. The van der Waals surface area contributed by atoms with Crippen molar-refractivity contribution < 1.29 is 9.59 Å². The Balaban J connectivity index is 2.15. The molecule has 4 nitrogen and oxygen atoms in total. The van der Waals surface area contributed by atoms with Gasteiger partial charge in [0, 0.05) is 31.4 Å². The van der Waals surface area contributed by atoms with Crippen molar-refractivity contribution in [2.75, 3.05) is 31.6 Å². The maximum atomic E-state index is 11.8. The fraction of sp³-hybridized carbons (Fsp3) is 0.429. The molecule has 1 heterocycles. The van der Waals surface area contributed by atoms with Crippen LogP contribution in [-0.4, -0.2) is 43.3 Å². The molecule has 0 atom stereocenters. The molecule has 1 amide bonds. The minimum atomic E-state index is 0.0632. The first-order chi connectivity index (χ1) is 8.58. The summed E-state index contributed by atoms with van der Waals surface area (Å²) in [6.45, 7) is 3.64. The van der Waals surface area contributed by atoms with Gasteiger partial charge < -0.3 is 9.80 Å². The van der Waals surface area contributed by atoms with E-state index in [4.69, 9.17) is 0 Å². The SMILES string of the molecule is CC(=O)c1ccc(N2CCCN(C)C(=O)C2)cc1. The number of likely N-dealkylation sites (N-methyl/N-ethyl adjacent to an activating group) is 1. The fourth-order valence-electron chi connectivity index (χ4n) is 2.11. The van der Waals surface area contributed by atoms with Crippen molar-refractivity contribution in [1.82, 2.24) is 4.90 Å². The van der Waals surface area contributed by atoms with Crippen LogP contribution in [0.25, 0.3) is 0 Å². The Bertz CT molecular complexity index is 453. The maximum absolute atomic E-state index is 11.8. The molecule has 1 aliphatic heterocycles. The Morgan fingerprint density at radius 2 is 1.83 bits per heavy atom. The van der Waals surface area contributed by atoms with Gasteiger partial charge in [0.1, 0.15) is 0 Å². The van der Waals surface area contributed by atoms with Crippen molar-refractivity contribution in [3.63, 3.8) is 0 Å². The zero-order chi connectivity index (χ0) is 13.1. The highest BCUT2D eigenvalue weighted by atomic mass is 16.2. The average molecular weight is 246 g/mol. The van der Waals surface area contributed by atoms with Gasteiger partial charge in [-0.25, -0.2) is 0 Å². The summed E-state index contributed by atoms with van der Waals surface area (Å²) in [6, 6.07) is 7.46. The number of rotatable bonds is 2. The molecule has 1 aliphatic rings. The van der Waals surface area contributed by atoms with Crippen LogP contribution in [0.2, 0.25) is 0 Å². The molecule has 0 N–H and O–H groups in total. The summed E-state index contributed by atoms with van der Waals surface area (Å²) >= 11 is 0. The van der Waals surface area contributed by atoms with Crippen molar-refractivity contribution in [2.24, 2.45) is 0 Å². The molecule has 96 valence electrons. The van der Waals surface area contributed by atoms with Gasteiger partial charge in [-0.2, -0.15) is 0 Å². The zero-order valence-corrected chi connectivity index (χ0v) is 10.8. The molecule has 1 aromatic rings. The van der Waals surface area contributed by atoms with E-state index in [1.807, 2.05) is 31.3 Å². The Hall–Kier alpha value is -1.84. The molecule has 0 spiro atoms. The monoisotopic (exact) mass is 246 g/mol. The number of Topliss-reactive ketones (excluding diaryl/α,β-unsaturated/α-hetero) is 1. The minimum absolute atomic E-state index is 0.0632. The molecule has 0 radical (unpaired) electrons. The largest absolute Gasteiger partial charge is 0.362 e. The van der Waals surface area contributed by atoms with E-state index in [9.17, 15) is 9.59 Å². The van der Waals surface area contributed by atoms with Crippen LogP contribution in [0.15, 0.2) is 24.3 Å². The van der Waals surface area contributed by atoms with E-state index in [1.54, 1.807) is 11.8 Å². The molecular weight excluding hydrogens is 228 g/mol. The maximum Gasteiger partial charge on any atom is 0.241 e. The summed E-state index contributed by atoms with van der Waals surface area (Å²) in [5.74, 6) is 0.205. The molecule has 0 aliphatic carbocycles. The van der Waals surface area contributed by atoms with Crippen molar-refractivity contribution in [2.45, 2.75) is 13.3 Å². The minimum Gasteiger partial charge on any atom is -0.362 e. The summed E-state index contributed by atoms with van der Waals surface area (Å²) < 4.78 is 0. The van der Waals surface area contributed by atoms with E-state index < -0.39 is 0 Å². The molecule has 1 saturated heterocycles. The van der Waals surface area contributed by atoms with Gasteiger partial charge in [0.2, 0.25) is 5.91 Å². The number of benzene rings is 1. The van der Waals surface area contributed by atoms with E-state index in [0.717, 1.165) is 25.2 Å². The van der Waals surface area contributed by atoms with Crippen molar-refractivity contribution in [3.8, 4) is 0 Å². The summed E-state index contributed by atoms with van der Waals surface area (Å²) in [6.07, 6.45) is 0.969. The lowest BCUT2D eigenvalue weighted by atomic mass is 10.1. The third-order valence-corrected chi connectivity index (χ3v) is 3.31. The number of carbonyl (C=O) groups is 2. The van der Waals surface area contributed by atoms with Gasteiger partial charge in [-0.1, -0.05) is 0 Å². The van der Waals surface area contributed by atoms with Crippen LogP contribution in [0.3, 0.4) is 0 Å². The normalized spacial score (nSPS) is 16.7. The second kappa shape index (κ2) is 5.21. The molecule has 1 aromatic carbocycles. The Morgan fingerprint density at radius 1 is 1.17 bits per heavy atom. The number of nitrogens with zero attached hydrogens (tertiary/aromatic N) is 2. The molecule has 0 aromatic heterocycles. The lowest BCUT2D eigenvalue weighted by Crippen LogP contribution is -2.34. The van der Waals surface area contributed by atoms with Crippen LogP contribution < -0.4 is 4.90 Å².